The molecule has 2 nitrogen and oxygen atoms in total. The predicted molar refractivity (Wildman–Crippen MR) is 53.9 cm³/mol. The Balaban J connectivity index is 1.78. The lowest BCUT2D eigenvalue weighted by Crippen LogP contribution is -2.09. The molecule has 3 heteroatoms. The third kappa shape index (κ3) is 2.51. The first-order valence-corrected chi connectivity index (χ1v) is 5.67. The van der Waals surface area contributed by atoms with E-state index in [4.69, 9.17) is 0 Å². The SMILES string of the molecule is Cc1ncc(CCC(O)C2CC2)s1. The summed E-state index contributed by atoms with van der Waals surface area (Å²) in [5.41, 5.74) is 0. The van der Waals surface area contributed by atoms with Crippen molar-refractivity contribution in [2.75, 3.05) is 0 Å². The van der Waals surface area contributed by atoms with Crippen LogP contribution in [0, 0.1) is 12.8 Å². The van der Waals surface area contributed by atoms with E-state index in [1.54, 1.807) is 11.3 Å². The van der Waals surface area contributed by atoms with Gasteiger partial charge in [0.1, 0.15) is 0 Å². The van der Waals surface area contributed by atoms with E-state index in [0.29, 0.717) is 5.92 Å². The highest BCUT2D eigenvalue weighted by Gasteiger charge is 2.29. The highest BCUT2D eigenvalue weighted by Crippen LogP contribution is 2.34. The molecule has 1 heterocycles. The Hall–Kier alpha value is -0.410. The van der Waals surface area contributed by atoms with Gasteiger partial charge in [0.05, 0.1) is 11.1 Å². The molecule has 2 rings (SSSR count). The van der Waals surface area contributed by atoms with Crippen molar-refractivity contribution >= 4 is 11.3 Å². The molecule has 0 bridgehead atoms. The molecule has 1 N–H and O–H groups in total. The molecule has 1 aromatic rings. The van der Waals surface area contributed by atoms with Crippen molar-refractivity contribution in [1.29, 1.82) is 0 Å². The molecule has 1 unspecified atom stereocenters. The van der Waals surface area contributed by atoms with Gasteiger partial charge in [-0.15, -0.1) is 11.3 Å². The van der Waals surface area contributed by atoms with Gasteiger partial charge in [-0.3, -0.25) is 0 Å². The molecule has 1 fully saturated rings. The minimum atomic E-state index is -0.0672. The van der Waals surface area contributed by atoms with Gasteiger partial charge in [-0.2, -0.15) is 0 Å². The summed E-state index contributed by atoms with van der Waals surface area (Å²) in [5.74, 6) is 0.606. The molecule has 72 valence electrons. The summed E-state index contributed by atoms with van der Waals surface area (Å²) in [4.78, 5) is 5.49. The maximum absolute atomic E-state index is 9.64. The second kappa shape index (κ2) is 3.76. The molecule has 13 heavy (non-hydrogen) atoms. The number of hydrogen-bond acceptors (Lipinski definition) is 3. The fourth-order valence-electron chi connectivity index (χ4n) is 1.53. The van der Waals surface area contributed by atoms with Crippen LogP contribution < -0.4 is 0 Å². The third-order valence-electron chi connectivity index (χ3n) is 2.52. The average Bonchev–Trinajstić information content (AvgIpc) is 2.87. The molecule has 1 aliphatic rings. The lowest BCUT2D eigenvalue weighted by atomic mass is 10.1. The lowest BCUT2D eigenvalue weighted by molar-refractivity contribution is 0.142. The quantitative estimate of drug-likeness (QED) is 0.802. The number of aryl methyl sites for hydroxylation is 2. The van der Waals surface area contributed by atoms with Crippen molar-refractivity contribution in [3.63, 3.8) is 0 Å². The summed E-state index contributed by atoms with van der Waals surface area (Å²) < 4.78 is 0. The maximum atomic E-state index is 9.64. The number of aliphatic hydroxyl groups excluding tert-OH is 1. The van der Waals surface area contributed by atoms with Crippen molar-refractivity contribution in [2.24, 2.45) is 5.92 Å². The van der Waals surface area contributed by atoms with Gasteiger partial charge < -0.3 is 5.11 Å². The second-order valence-electron chi connectivity index (χ2n) is 3.79. The summed E-state index contributed by atoms with van der Waals surface area (Å²) in [6.45, 7) is 2.02. The lowest BCUT2D eigenvalue weighted by Gasteiger charge is -2.06. The molecule has 0 amide bonds. The van der Waals surface area contributed by atoms with E-state index in [-0.39, 0.29) is 6.10 Å². The van der Waals surface area contributed by atoms with E-state index in [1.807, 2.05) is 13.1 Å². The van der Waals surface area contributed by atoms with Crippen LogP contribution in [-0.4, -0.2) is 16.2 Å². The summed E-state index contributed by atoms with van der Waals surface area (Å²) in [5, 5.41) is 10.8. The fraction of sp³-hybridized carbons (Fsp3) is 0.700. The number of aromatic nitrogens is 1. The molecule has 0 saturated heterocycles. The zero-order valence-corrected chi connectivity index (χ0v) is 8.68. The van der Waals surface area contributed by atoms with Crippen molar-refractivity contribution in [1.82, 2.24) is 4.98 Å². The number of hydrogen-bond donors (Lipinski definition) is 1. The molecule has 0 radical (unpaired) electrons. The van der Waals surface area contributed by atoms with Crippen molar-refractivity contribution < 1.29 is 5.11 Å². The zero-order valence-electron chi connectivity index (χ0n) is 7.86. The van der Waals surface area contributed by atoms with Gasteiger partial charge in [0.25, 0.3) is 0 Å². The monoisotopic (exact) mass is 197 g/mol. The first-order valence-electron chi connectivity index (χ1n) is 4.85. The molecule has 1 aromatic heterocycles. The smallest absolute Gasteiger partial charge is 0.0896 e. The van der Waals surface area contributed by atoms with E-state index < -0.39 is 0 Å². The van der Waals surface area contributed by atoms with Gasteiger partial charge in [-0.05, 0) is 38.5 Å². The molecule has 1 aliphatic carbocycles. The average molecular weight is 197 g/mol. The topological polar surface area (TPSA) is 33.1 Å². The largest absolute Gasteiger partial charge is 0.393 e. The van der Waals surface area contributed by atoms with Gasteiger partial charge in [0.2, 0.25) is 0 Å². The Morgan fingerprint density at radius 2 is 2.46 bits per heavy atom. The Labute approximate surface area is 82.6 Å². The standard InChI is InChI=1S/C10H15NOS/c1-7-11-6-9(13-7)4-5-10(12)8-2-3-8/h6,8,10,12H,2-5H2,1H3. The van der Waals surface area contributed by atoms with Gasteiger partial charge >= 0.3 is 0 Å². The first-order chi connectivity index (χ1) is 6.25. The highest BCUT2D eigenvalue weighted by atomic mass is 32.1. The normalized spacial score (nSPS) is 18.9. The van der Waals surface area contributed by atoms with Crippen LogP contribution in [0.4, 0.5) is 0 Å². The van der Waals surface area contributed by atoms with Gasteiger partial charge in [0, 0.05) is 11.1 Å². The van der Waals surface area contributed by atoms with Crippen LogP contribution in [-0.2, 0) is 6.42 Å². The Kier molecular flexibility index (Phi) is 2.65. The number of thiazole rings is 1. The molecular formula is C10H15NOS. The molecule has 1 saturated carbocycles. The third-order valence-corrected chi connectivity index (χ3v) is 3.49. The van der Waals surface area contributed by atoms with E-state index in [2.05, 4.69) is 4.98 Å². The van der Waals surface area contributed by atoms with Crippen LogP contribution in [0.1, 0.15) is 29.1 Å². The minimum absolute atomic E-state index is 0.0672. The first kappa shape index (κ1) is 9.16. The van der Waals surface area contributed by atoms with Crippen LogP contribution in [0.15, 0.2) is 6.20 Å². The van der Waals surface area contributed by atoms with Crippen LogP contribution in [0.2, 0.25) is 0 Å². The zero-order chi connectivity index (χ0) is 9.26. The van der Waals surface area contributed by atoms with E-state index >= 15 is 0 Å². The minimum Gasteiger partial charge on any atom is -0.393 e. The summed E-state index contributed by atoms with van der Waals surface area (Å²) in [6, 6.07) is 0. The van der Waals surface area contributed by atoms with E-state index in [1.165, 1.54) is 17.7 Å². The number of aliphatic hydroxyl groups is 1. The second-order valence-corrected chi connectivity index (χ2v) is 5.11. The van der Waals surface area contributed by atoms with Gasteiger partial charge in [-0.25, -0.2) is 4.98 Å². The maximum Gasteiger partial charge on any atom is 0.0896 e. The van der Waals surface area contributed by atoms with Crippen LogP contribution in [0.25, 0.3) is 0 Å². The van der Waals surface area contributed by atoms with Crippen molar-refractivity contribution in [2.45, 2.75) is 38.7 Å². The summed E-state index contributed by atoms with van der Waals surface area (Å²) >= 11 is 1.74. The van der Waals surface area contributed by atoms with Gasteiger partial charge in [0.15, 0.2) is 0 Å². The van der Waals surface area contributed by atoms with Crippen LogP contribution in [0.3, 0.4) is 0 Å². The summed E-state index contributed by atoms with van der Waals surface area (Å²) in [6.07, 6.45) is 6.21. The van der Waals surface area contributed by atoms with E-state index in [9.17, 15) is 5.11 Å². The number of nitrogens with zero attached hydrogens (tertiary/aromatic N) is 1. The van der Waals surface area contributed by atoms with Gasteiger partial charge in [-0.1, -0.05) is 0 Å². The van der Waals surface area contributed by atoms with Crippen LogP contribution >= 0.6 is 11.3 Å². The van der Waals surface area contributed by atoms with Crippen LogP contribution in [0.5, 0.6) is 0 Å². The molecule has 0 spiro atoms. The van der Waals surface area contributed by atoms with Crippen molar-refractivity contribution in [3.05, 3.63) is 16.1 Å². The Morgan fingerprint density at radius 3 is 3.00 bits per heavy atom. The Bertz CT molecular complexity index is 280. The number of rotatable bonds is 4. The highest BCUT2D eigenvalue weighted by molar-refractivity contribution is 7.11. The molecule has 1 atom stereocenters. The fourth-order valence-corrected chi connectivity index (χ4v) is 2.34. The predicted octanol–water partition coefficient (Wildman–Crippen LogP) is 2.16. The van der Waals surface area contributed by atoms with E-state index in [0.717, 1.165) is 17.8 Å². The summed E-state index contributed by atoms with van der Waals surface area (Å²) in [7, 11) is 0. The molecular weight excluding hydrogens is 182 g/mol. The Morgan fingerprint density at radius 1 is 1.69 bits per heavy atom. The molecule has 0 aliphatic heterocycles. The van der Waals surface area contributed by atoms with Crippen molar-refractivity contribution in [3.8, 4) is 0 Å². The molecule has 0 aromatic carbocycles.